The van der Waals surface area contributed by atoms with E-state index in [1.54, 1.807) is 0 Å². The SMILES string of the molecule is CCOc1ccc(C(C)(C)C)cc1C(=O)C1CCNCC1. The van der Waals surface area contributed by atoms with Gasteiger partial charge < -0.3 is 10.1 Å². The number of rotatable bonds is 4. The molecule has 0 bridgehead atoms. The Hall–Kier alpha value is -1.35. The van der Waals surface area contributed by atoms with Crippen molar-refractivity contribution in [2.45, 2.75) is 46.0 Å². The number of Topliss-reactive ketones (excluding diaryl/α,β-unsaturated/α-hetero) is 1. The summed E-state index contributed by atoms with van der Waals surface area (Å²) in [6.07, 6.45) is 1.84. The second-order valence-corrected chi connectivity index (χ2v) is 6.78. The Morgan fingerprint density at radius 3 is 2.52 bits per heavy atom. The summed E-state index contributed by atoms with van der Waals surface area (Å²) in [6, 6.07) is 6.07. The van der Waals surface area contributed by atoms with Crippen LogP contribution in [0.15, 0.2) is 18.2 Å². The zero-order valence-corrected chi connectivity index (χ0v) is 13.7. The fraction of sp³-hybridized carbons (Fsp3) is 0.611. The third-order valence-electron chi connectivity index (χ3n) is 4.12. The normalized spacial score (nSPS) is 16.8. The van der Waals surface area contributed by atoms with Crippen LogP contribution < -0.4 is 10.1 Å². The van der Waals surface area contributed by atoms with Crippen LogP contribution in [0.3, 0.4) is 0 Å². The van der Waals surface area contributed by atoms with Gasteiger partial charge in [-0.05, 0) is 56.0 Å². The maximum absolute atomic E-state index is 12.9. The molecule has 0 unspecified atom stereocenters. The van der Waals surface area contributed by atoms with Crippen molar-refractivity contribution in [2.75, 3.05) is 19.7 Å². The largest absolute Gasteiger partial charge is 0.493 e. The first-order valence-corrected chi connectivity index (χ1v) is 7.95. The quantitative estimate of drug-likeness (QED) is 0.861. The van der Waals surface area contributed by atoms with E-state index in [1.165, 1.54) is 5.56 Å². The van der Waals surface area contributed by atoms with E-state index in [-0.39, 0.29) is 17.1 Å². The highest BCUT2D eigenvalue weighted by Gasteiger charge is 2.26. The maximum Gasteiger partial charge on any atom is 0.169 e. The van der Waals surface area contributed by atoms with Gasteiger partial charge in [0.2, 0.25) is 0 Å². The lowest BCUT2D eigenvalue weighted by atomic mass is 9.83. The van der Waals surface area contributed by atoms with Crippen LogP contribution in [0.4, 0.5) is 0 Å². The zero-order valence-electron chi connectivity index (χ0n) is 13.7. The molecule has 2 rings (SSSR count). The van der Waals surface area contributed by atoms with Gasteiger partial charge in [0, 0.05) is 5.92 Å². The van der Waals surface area contributed by atoms with Crippen LogP contribution in [0.2, 0.25) is 0 Å². The summed E-state index contributed by atoms with van der Waals surface area (Å²) in [7, 11) is 0. The molecule has 0 saturated carbocycles. The molecule has 1 aromatic carbocycles. The minimum absolute atomic E-state index is 0.0356. The summed E-state index contributed by atoms with van der Waals surface area (Å²) < 4.78 is 5.68. The molecule has 3 heteroatoms. The fourth-order valence-corrected chi connectivity index (χ4v) is 2.77. The number of nitrogens with one attached hydrogen (secondary N) is 1. The van der Waals surface area contributed by atoms with Gasteiger partial charge in [0.25, 0.3) is 0 Å². The van der Waals surface area contributed by atoms with Crippen LogP contribution in [-0.2, 0) is 5.41 Å². The van der Waals surface area contributed by atoms with Crippen molar-refractivity contribution in [3.05, 3.63) is 29.3 Å². The molecule has 1 aromatic rings. The van der Waals surface area contributed by atoms with Gasteiger partial charge in [-0.3, -0.25) is 4.79 Å². The van der Waals surface area contributed by atoms with Crippen molar-refractivity contribution in [3.63, 3.8) is 0 Å². The van der Waals surface area contributed by atoms with Crippen LogP contribution in [0.5, 0.6) is 5.75 Å². The first-order chi connectivity index (χ1) is 9.93. The van der Waals surface area contributed by atoms with Crippen LogP contribution in [0.1, 0.15) is 56.5 Å². The molecular formula is C18H27NO2. The Kier molecular flexibility index (Phi) is 5.04. The smallest absolute Gasteiger partial charge is 0.169 e. The molecule has 0 aromatic heterocycles. The highest BCUT2D eigenvalue weighted by molar-refractivity contribution is 6.00. The number of hydrogen-bond donors (Lipinski definition) is 1. The lowest BCUT2D eigenvalue weighted by molar-refractivity contribution is 0.0891. The van der Waals surface area contributed by atoms with Gasteiger partial charge in [-0.1, -0.05) is 26.8 Å². The number of hydrogen-bond acceptors (Lipinski definition) is 3. The molecule has 0 atom stereocenters. The van der Waals surface area contributed by atoms with Gasteiger partial charge in [0.05, 0.1) is 12.2 Å². The van der Waals surface area contributed by atoms with Gasteiger partial charge in [0.15, 0.2) is 5.78 Å². The van der Waals surface area contributed by atoms with Gasteiger partial charge in [-0.15, -0.1) is 0 Å². The fourth-order valence-electron chi connectivity index (χ4n) is 2.77. The van der Waals surface area contributed by atoms with Crippen molar-refractivity contribution in [2.24, 2.45) is 5.92 Å². The Morgan fingerprint density at radius 2 is 1.95 bits per heavy atom. The van der Waals surface area contributed by atoms with Gasteiger partial charge in [-0.25, -0.2) is 0 Å². The molecule has 0 aliphatic carbocycles. The minimum atomic E-state index is 0.0356. The summed E-state index contributed by atoms with van der Waals surface area (Å²) in [5, 5.41) is 3.31. The molecule has 3 nitrogen and oxygen atoms in total. The molecule has 0 spiro atoms. The van der Waals surface area contributed by atoms with E-state index in [1.807, 2.05) is 19.1 Å². The van der Waals surface area contributed by atoms with E-state index in [9.17, 15) is 4.79 Å². The number of carbonyl (C=O) groups excluding carboxylic acids is 1. The Labute approximate surface area is 128 Å². The molecule has 1 aliphatic heterocycles. The van der Waals surface area contributed by atoms with Gasteiger partial charge in [-0.2, -0.15) is 0 Å². The lowest BCUT2D eigenvalue weighted by Gasteiger charge is -2.24. The summed E-state index contributed by atoms with van der Waals surface area (Å²) in [5.41, 5.74) is 1.98. The highest BCUT2D eigenvalue weighted by Crippen LogP contribution is 2.31. The van der Waals surface area contributed by atoms with E-state index in [4.69, 9.17) is 4.74 Å². The molecule has 1 saturated heterocycles. The third-order valence-corrected chi connectivity index (χ3v) is 4.12. The monoisotopic (exact) mass is 289 g/mol. The summed E-state index contributed by atoms with van der Waals surface area (Å²) in [4.78, 5) is 12.9. The Balaban J connectivity index is 2.35. The van der Waals surface area contributed by atoms with Gasteiger partial charge >= 0.3 is 0 Å². The predicted octanol–water partition coefficient (Wildman–Crippen LogP) is 3.57. The summed E-state index contributed by atoms with van der Waals surface area (Å²) >= 11 is 0. The van der Waals surface area contributed by atoms with Crippen LogP contribution >= 0.6 is 0 Å². The molecule has 1 N–H and O–H groups in total. The average molecular weight is 289 g/mol. The summed E-state index contributed by atoms with van der Waals surface area (Å²) in [5.74, 6) is 1.10. The average Bonchev–Trinajstić information content (AvgIpc) is 2.47. The topological polar surface area (TPSA) is 38.3 Å². The number of carbonyl (C=O) groups is 1. The van der Waals surface area contributed by atoms with E-state index in [0.717, 1.165) is 37.2 Å². The van der Waals surface area contributed by atoms with Crippen molar-refractivity contribution in [1.29, 1.82) is 0 Å². The molecule has 0 radical (unpaired) electrons. The van der Waals surface area contributed by atoms with Crippen LogP contribution in [0, 0.1) is 5.92 Å². The molecule has 116 valence electrons. The van der Waals surface area contributed by atoms with Crippen molar-refractivity contribution in [1.82, 2.24) is 5.32 Å². The van der Waals surface area contributed by atoms with E-state index >= 15 is 0 Å². The second kappa shape index (κ2) is 6.61. The second-order valence-electron chi connectivity index (χ2n) is 6.78. The van der Waals surface area contributed by atoms with E-state index < -0.39 is 0 Å². The molecule has 1 fully saturated rings. The van der Waals surface area contributed by atoms with Crippen LogP contribution in [0.25, 0.3) is 0 Å². The molecule has 21 heavy (non-hydrogen) atoms. The molecule has 1 aliphatic rings. The van der Waals surface area contributed by atoms with E-state index in [0.29, 0.717) is 6.61 Å². The lowest BCUT2D eigenvalue weighted by Crippen LogP contribution is -2.32. The minimum Gasteiger partial charge on any atom is -0.493 e. The van der Waals surface area contributed by atoms with E-state index in [2.05, 4.69) is 32.2 Å². The standard InChI is InChI=1S/C18H27NO2/c1-5-21-16-7-6-14(18(2,3)4)12-15(16)17(20)13-8-10-19-11-9-13/h6-7,12-13,19H,5,8-11H2,1-4H3. The van der Waals surface area contributed by atoms with Crippen LogP contribution in [-0.4, -0.2) is 25.5 Å². The number of ether oxygens (including phenoxy) is 1. The maximum atomic E-state index is 12.9. The van der Waals surface area contributed by atoms with Gasteiger partial charge in [0.1, 0.15) is 5.75 Å². The first kappa shape index (κ1) is 16.0. The number of piperidine rings is 1. The highest BCUT2D eigenvalue weighted by atomic mass is 16.5. The number of ketones is 1. The first-order valence-electron chi connectivity index (χ1n) is 7.95. The molecule has 0 amide bonds. The van der Waals surface area contributed by atoms with Crippen molar-refractivity contribution in [3.8, 4) is 5.75 Å². The van der Waals surface area contributed by atoms with Crippen molar-refractivity contribution < 1.29 is 9.53 Å². The predicted molar refractivity (Wildman–Crippen MR) is 86.2 cm³/mol. The van der Waals surface area contributed by atoms with Crippen molar-refractivity contribution >= 4 is 5.78 Å². The third kappa shape index (κ3) is 3.85. The number of benzene rings is 1. The molecule has 1 heterocycles. The zero-order chi connectivity index (χ0) is 15.5. The Morgan fingerprint density at radius 1 is 1.29 bits per heavy atom. The Bertz CT molecular complexity index is 496. The molecular weight excluding hydrogens is 262 g/mol. The summed E-state index contributed by atoms with van der Waals surface area (Å²) in [6.45, 7) is 10.9.